The zero-order valence-corrected chi connectivity index (χ0v) is 14.7. The minimum atomic E-state index is -0.140. The minimum absolute atomic E-state index is 0.0284. The summed E-state index contributed by atoms with van der Waals surface area (Å²) in [6.45, 7) is 0.0284. The predicted molar refractivity (Wildman–Crippen MR) is 89.4 cm³/mol. The van der Waals surface area contributed by atoms with Gasteiger partial charge in [-0.15, -0.1) is 0 Å². The van der Waals surface area contributed by atoms with Crippen LogP contribution in [0.15, 0.2) is 55.9 Å². The molecule has 2 nitrogen and oxygen atoms in total. The fourth-order valence-corrected chi connectivity index (χ4v) is 2.79. The van der Waals surface area contributed by atoms with E-state index in [1.54, 1.807) is 0 Å². The molecule has 0 aliphatic heterocycles. The molecular weight excluding hydrogens is 438 g/mol. The van der Waals surface area contributed by atoms with E-state index in [0.29, 0.717) is 0 Å². The lowest BCUT2D eigenvalue weighted by molar-refractivity contribution is 0.276. The van der Waals surface area contributed by atoms with Gasteiger partial charge in [0.15, 0.2) is 0 Å². The van der Waals surface area contributed by atoms with E-state index in [-0.39, 0.29) is 12.6 Å². The summed E-state index contributed by atoms with van der Waals surface area (Å²) in [5.74, 6) is 0. The van der Waals surface area contributed by atoms with Crippen LogP contribution in [0.4, 0.5) is 5.69 Å². The van der Waals surface area contributed by atoms with Crippen LogP contribution in [0.25, 0.3) is 0 Å². The number of hydrogen-bond acceptors (Lipinski definition) is 2. The van der Waals surface area contributed by atoms with Gasteiger partial charge in [-0.3, -0.25) is 0 Å². The van der Waals surface area contributed by atoms with Gasteiger partial charge in [-0.05, 0) is 67.8 Å². The van der Waals surface area contributed by atoms with Crippen LogP contribution in [0.5, 0.6) is 0 Å². The van der Waals surface area contributed by atoms with Crippen molar-refractivity contribution in [2.45, 2.75) is 6.04 Å². The SMILES string of the molecule is OCC(Nc1cccc(Br)c1)c1ccc(Br)c(Br)c1. The Hall–Kier alpha value is -0.360. The molecule has 2 N–H and O–H groups in total. The minimum Gasteiger partial charge on any atom is -0.394 e. The first-order chi connectivity index (χ1) is 9.10. The molecule has 100 valence electrons. The third-order valence-corrected chi connectivity index (χ3v) is 5.07. The van der Waals surface area contributed by atoms with Crippen LogP contribution in [-0.4, -0.2) is 11.7 Å². The van der Waals surface area contributed by atoms with E-state index in [2.05, 4.69) is 53.1 Å². The third kappa shape index (κ3) is 4.05. The van der Waals surface area contributed by atoms with Crippen LogP contribution in [0.1, 0.15) is 11.6 Å². The summed E-state index contributed by atoms with van der Waals surface area (Å²) < 4.78 is 2.97. The van der Waals surface area contributed by atoms with Gasteiger partial charge in [0.2, 0.25) is 0 Å². The van der Waals surface area contributed by atoms with Gasteiger partial charge in [-0.25, -0.2) is 0 Å². The van der Waals surface area contributed by atoms with Crippen molar-refractivity contribution in [3.63, 3.8) is 0 Å². The normalized spacial score (nSPS) is 12.2. The second kappa shape index (κ2) is 6.88. The molecule has 0 heterocycles. The molecule has 0 aliphatic rings. The van der Waals surface area contributed by atoms with Gasteiger partial charge < -0.3 is 10.4 Å². The molecule has 0 saturated carbocycles. The lowest BCUT2D eigenvalue weighted by atomic mass is 10.1. The van der Waals surface area contributed by atoms with Crippen LogP contribution in [-0.2, 0) is 0 Å². The lowest BCUT2D eigenvalue weighted by Gasteiger charge is -2.19. The van der Waals surface area contributed by atoms with Crippen molar-refractivity contribution in [2.24, 2.45) is 0 Å². The lowest BCUT2D eigenvalue weighted by Crippen LogP contribution is -2.14. The summed E-state index contributed by atoms with van der Waals surface area (Å²) >= 11 is 10.4. The molecule has 0 bridgehead atoms. The summed E-state index contributed by atoms with van der Waals surface area (Å²) in [6.07, 6.45) is 0. The van der Waals surface area contributed by atoms with E-state index >= 15 is 0 Å². The number of benzene rings is 2. The first-order valence-electron chi connectivity index (χ1n) is 5.68. The summed E-state index contributed by atoms with van der Waals surface area (Å²) in [5.41, 5.74) is 1.99. The molecule has 0 spiro atoms. The molecular formula is C14H12Br3NO. The molecule has 2 aromatic rings. The molecule has 0 fully saturated rings. The maximum atomic E-state index is 9.57. The molecule has 0 aliphatic carbocycles. The number of anilines is 1. The molecule has 5 heteroatoms. The highest BCUT2D eigenvalue weighted by Gasteiger charge is 2.11. The Labute approximate surface area is 137 Å². The monoisotopic (exact) mass is 447 g/mol. The van der Waals surface area contributed by atoms with Gasteiger partial charge in [0, 0.05) is 19.1 Å². The maximum Gasteiger partial charge on any atom is 0.0745 e. The smallest absolute Gasteiger partial charge is 0.0745 e. The molecule has 0 aromatic heterocycles. The largest absolute Gasteiger partial charge is 0.394 e. The summed E-state index contributed by atoms with van der Waals surface area (Å²) in [5, 5.41) is 12.9. The zero-order chi connectivity index (χ0) is 13.8. The van der Waals surface area contributed by atoms with Gasteiger partial charge in [-0.1, -0.05) is 28.1 Å². The highest BCUT2D eigenvalue weighted by atomic mass is 79.9. The van der Waals surface area contributed by atoms with Gasteiger partial charge in [0.1, 0.15) is 0 Å². The average Bonchev–Trinajstić information content (AvgIpc) is 2.39. The Bertz CT molecular complexity index is 574. The van der Waals surface area contributed by atoms with Gasteiger partial charge in [-0.2, -0.15) is 0 Å². The van der Waals surface area contributed by atoms with E-state index in [9.17, 15) is 5.11 Å². The predicted octanol–water partition coefficient (Wildman–Crippen LogP) is 5.12. The van der Waals surface area contributed by atoms with Crippen LogP contribution in [0.3, 0.4) is 0 Å². The fourth-order valence-electron chi connectivity index (χ4n) is 1.74. The Morgan fingerprint density at radius 2 is 1.79 bits per heavy atom. The van der Waals surface area contributed by atoms with E-state index in [1.807, 2.05) is 42.5 Å². The van der Waals surface area contributed by atoms with Crippen molar-refractivity contribution in [2.75, 3.05) is 11.9 Å². The van der Waals surface area contributed by atoms with Gasteiger partial charge >= 0.3 is 0 Å². The summed E-state index contributed by atoms with van der Waals surface area (Å²) in [4.78, 5) is 0. The molecule has 0 radical (unpaired) electrons. The van der Waals surface area contributed by atoms with Crippen molar-refractivity contribution in [3.8, 4) is 0 Å². The van der Waals surface area contributed by atoms with Crippen LogP contribution in [0, 0.1) is 0 Å². The second-order valence-electron chi connectivity index (χ2n) is 4.06. The van der Waals surface area contributed by atoms with E-state index in [4.69, 9.17) is 0 Å². The van der Waals surface area contributed by atoms with E-state index in [1.165, 1.54) is 0 Å². The topological polar surface area (TPSA) is 32.3 Å². The highest BCUT2D eigenvalue weighted by molar-refractivity contribution is 9.13. The quantitative estimate of drug-likeness (QED) is 0.679. The average molecular weight is 450 g/mol. The van der Waals surface area contributed by atoms with Crippen LogP contribution >= 0.6 is 47.8 Å². The van der Waals surface area contributed by atoms with Gasteiger partial charge in [0.25, 0.3) is 0 Å². The first-order valence-corrected chi connectivity index (χ1v) is 8.06. The first kappa shape index (κ1) is 15.0. The van der Waals surface area contributed by atoms with Crippen molar-refractivity contribution in [1.29, 1.82) is 0 Å². The van der Waals surface area contributed by atoms with Crippen LogP contribution in [0.2, 0.25) is 0 Å². The summed E-state index contributed by atoms with van der Waals surface area (Å²) in [7, 11) is 0. The molecule has 19 heavy (non-hydrogen) atoms. The van der Waals surface area contributed by atoms with E-state index in [0.717, 1.165) is 24.7 Å². The van der Waals surface area contributed by atoms with Crippen molar-refractivity contribution in [1.82, 2.24) is 0 Å². The standard InChI is InChI=1S/C14H12Br3NO/c15-10-2-1-3-11(7-10)18-14(8-19)9-4-5-12(16)13(17)6-9/h1-7,14,18-19H,8H2. The number of rotatable bonds is 4. The molecule has 2 aromatic carbocycles. The number of halogens is 3. The van der Waals surface area contributed by atoms with Crippen molar-refractivity contribution < 1.29 is 5.11 Å². The van der Waals surface area contributed by atoms with Crippen molar-refractivity contribution in [3.05, 3.63) is 61.4 Å². The zero-order valence-electron chi connectivity index (χ0n) is 9.91. The fraction of sp³-hybridized carbons (Fsp3) is 0.143. The van der Waals surface area contributed by atoms with E-state index < -0.39 is 0 Å². The molecule has 2 rings (SSSR count). The highest BCUT2D eigenvalue weighted by Crippen LogP contribution is 2.28. The summed E-state index contributed by atoms with van der Waals surface area (Å²) in [6, 6.07) is 13.7. The maximum absolute atomic E-state index is 9.57. The number of aliphatic hydroxyl groups is 1. The van der Waals surface area contributed by atoms with Crippen molar-refractivity contribution >= 4 is 53.5 Å². The number of hydrogen-bond donors (Lipinski definition) is 2. The number of aliphatic hydroxyl groups excluding tert-OH is 1. The number of nitrogens with one attached hydrogen (secondary N) is 1. The molecule has 1 unspecified atom stereocenters. The Morgan fingerprint density at radius 1 is 1.00 bits per heavy atom. The third-order valence-electron chi connectivity index (χ3n) is 2.69. The molecule has 0 amide bonds. The van der Waals surface area contributed by atoms with Crippen LogP contribution < -0.4 is 5.32 Å². The Balaban J connectivity index is 2.22. The molecule has 1 atom stereocenters. The van der Waals surface area contributed by atoms with Gasteiger partial charge in [0.05, 0.1) is 12.6 Å². The molecule has 0 saturated heterocycles. The Morgan fingerprint density at radius 3 is 2.42 bits per heavy atom. The Kier molecular flexibility index (Phi) is 5.45. The second-order valence-corrected chi connectivity index (χ2v) is 6.69.